The van der Waals surface area contributed by atoms with Gasteiger partial charge in [-0.25, -0.2) is 9.78 Å². The third-order valence-corrected chi connectivity index (χ3v) is 6.64. The number of amides is 1. The van der Waals surface area contributed by atoms with E-state index in [4.69, 9.17) is 9.47 Å². The average Bonchev–Trinajstić information content (AvgIpc) is 3.43. The first-order valence-corrected chi connectivity index (χ1v) is 12.5. The first kappa shape index (κ1) is 23.7. The van der Waals surface area contributed by atoms with Crippen LogP contribution in [0.3, 0.4) is 0 Å². The number of methoxy groups -OCH3 is 1. The summed E-state index contributed by atoms with van der Waals surface area (Å²) < 4.78 is 13.5. The molecule has 1 atom stereocenters. The Balaban J connectivity index is 1.44. The molecule has 4 aromatic rings. The maximum atomic E-state index is 12.8. The van der Waals surface area contributed by atoms with Gasteiger partial charge in [-0.15, -0.1) is 10.2 Å². The number of thiazole rings is 1. The van der Waals surface area contributed by atoms with Gasteiger partial charge in [-0.3, -0.25) is 14.7 Å². The molecule has 9 nitrogen and oxygen atoms in total. The van der Waals surface area contributed by atoms with E-state index in [0.29, 0.717) is 22.9 Å². The van der Waals surface area contributed by atoms with Crippen molar-refractivity contribution in [3.8, 4) is 11.4 Å². The molecule has 1 unspecified atom stereocenters. The molecule has 11 heteroatoms. The van der Waals surface area contributed by atoms with E-state index in [1.54, 1.807) is 38.3 Å². The second-order valence-electron chi connectivity index (χ2n) is 7.26. The van der Waals surface area contributed by atoms with Gasteiger partial charge in [-0.05, 0) is 62.1 Å². The van der Waals surface area contributed by atoms with Crippen molar-refractivity contribution in [1.82, 2.24) is 19.7 Å². The van der Waals surface area contributed by atoms with Gasteiger partial charge in [0.2, 0.25) is 0 Å². The van der Waals surface area contributed by atoms with Gasteiger partial charge in [-0.1, -0.05) is 30.0 Å². The van der Waals surface area contributed by atoms with Crippen LogP contribution in [-0.4, -0.2) is 51.1 Å². The van der Waals surface area contributed by atoms with E-state index in [0.717, 1.165) is 26.9 Å². The molecule has 176 valence electrons. The van der Waals surface area contributed by atoms with Gasteiger partial charge in [0, 0.05) is 5.69 Å². The number of fused-ring (bicyclic) bond motifs is 1. The highest BCUT2D eigenvalue weighted by atomic mass is 32.2. The number of hydrogen-bond acceptors (Lipinski definition) is 9. The molecule has 0 aliphatic heterocycles. The summed E-state index contributed by atoms with van der Waals surface area (Å²) in [6.07, 6.45) is 1.30. The van der Waals surface area contributed by atoms with Crippen molar-refractivity contribution in [2.24, 2.45) is 0 Å². The Morgan fingerprint density at radius 1 is 1.18 bits per heavy atom. The summed E-state index contributed by atoms with van der Waals surface area (Å²) in [5.74, 6) is 0.455. The Morgan fingerprint density at radius 3 is 2.62 bits per heavy atom. The fraction of sp³-hybridized carbons (Fsp3) is 0.261. The molecular weight excluding hydrogens is 474 g/mol. The first-order chi connectivity index (χ1) is 16.4. The van der Waals surface area contributed by atoms with Crippen LogP contribution in [-0.2, 0) is 9.53 Å². The fourth-order valence-corrected chi connectivity index (χ4v) is 4.75. The quantitative estimate of drug-likeness (QED) is 0.280. The lowest BCUT2D eigenvalue weighted by Gasteiger charge is -2.15. The molecule has 2 aromatic heterocycles. The summed E-state index contributed by atoms with van der Waals surface area (Å²) in [4.78, 5) is 29.9. The molecule has 0 aliphatic rings. The molecule has 0 fully saturated rings. The molecule has 0 aliphatic carbocycles. The zero-order chi connectivity index (χ0) is 24.2. The van der Waals surface area contributed by atoms with Crippen LogP contribution in [0.25, 0.3) is 15.9 Å². The van der Waals surface area contributed by atoms with Crippen molar-refractivity contribution in [2.45, 2.75) is 31.5 Å². The van der Waals surface area contributed by atoms with E-state index in [2.05, 4.69) is 20.5 Å². The lowest BCUT2D eigenvalue weighted by molar-refractivity contribution is -0.124. The number of carbonyl (C=O) groups excluding carboxylic acids is 2. The molecule has 4 rings (SSSR count). The van der Waals surface area contributed by atoms with Gasteiger partial charge in [0.05, 0.1) is 22.9 Å². The summed E-state index contributed by atoms with van der Waals surface area (Å²) in [5, 5.41) is 12.2. The minimum absolute atomic E-state index is 0.325. The van der Waals surface area contributed by atoms with Crippen molar-refractivity contribution in [1.29, 1.82) is 0 Å². The van der Waals surface area contributed by atoms with Crippen molar-refractivity contribution in [3.05, 3.63) is 53.9 Å². The Morgan fingerprint density at radius 2 is 1.94 bits per heavy atom. The fourth-order valence-electron chi connectivity index (χ4n) is 3.31. The third kappa shape index (κ3) is 4.90. The standard InChI is InChI=1S/C23H23N5O4S2/c1-5-18(20(29)25-22-24-17-11-10-16(31-3)12-19(17)34-22)32-21(30)14-6-8-15(9-7-14)28-13(2)26-27-23(28)33-4/h6-12,18H,5H2,1-4H3,(H,24,25,29). The van der Waals surface area contributed by atoms with Crippen molar-refractivity contribution in [3.63, 3.8) is 0 Å². The van der Waals surface area contributed by atoms with Crippen LogP contribution in [0.1, 0.15) is 29.5 Å². The van der Waals surface area contributed by atoms with E-state index in [1.165, 1.54) is 23.1 Å². The Kier molecular flexibility index (Phi) is 7.13. The number of carbonyl (C=O) groups is 2. The number of nitrogens with zero attached hydrogens (tertiary/aromatic N) is 4. The lowest BCUT2D eigenvalue weighted by atomic mass is 10.2. The van der Waals surface area contributed by atoms with E-state index in [1.807, 2.05) is 35.9 Å². The van der Waals surface area contributed by atoms with Crippen LogP contribution in [0.5, 0.6) is 5.75 Å². The van der Waals surface area contributed by atoms with E-state index in [9.17, 15) is 9.59 Å². The number of anilines is 1. The molecule has 0 saturated carbocycles. The molecule has 2 aromatic carbocycles. The molecular formula is C23H23N5O4S2. The number of aryl methyl sites for hydroxylation is 1. The molecule has 34 heavy (non-hydrogen) atoms. The van der Waals surface area contributed by atoms with Crippen LogP contribution < -0.4 is 10.1 Å². The number of esters is 1. The first-order valence-electron chi connectivity index (χ1n) is 10.5. The van der Waals surface area contributed by atoms with Gasteiger partial charge in [0.25, 0.3) is 5.91 Å². The summed E-state index contributed by atoms with van der Waals surface area (Å²) in [5.41, 5.74) is 1.93. The monoisotopic (exact) mass is 497 g/mol. The minimum atomic E-state index is -0.947. The highest BCUT2D eigenvalue weighted by molar-refractivity contribution is 7.98. The summed E-state index contributed by atoms with van der Waals surface area (Å²) in [6, 6.07) is 12.4. The largest absolute Gasteiger partial charge is 0.497 e. The van der Waals surface area contributed by atoms with Gasteiger partial charge in [-0.2, -0.15) is 0 Å². The number of aromatic nitrogens is 4. The van der Waals surface area contributed by atoms with Gasteiger partial charge < -0.3 is 9.47 Å². The van der Waals surface area contributed by atoms with Crippen molar-refractivity contribution < 1.29 is 19.1 Å². The molecule has 1 amide bonds. The van der Waals surface area contributed by atoms with Crippen molar-refractivity contribution in [2.75, 3.05) is 18.7 Å². The Labute approximate surface area is 204 Å². The number of benzene rings is 2. The summed E-state index contributed by atoms with van der Waals surface area (Å²) in [6.45, 7) is 3.64. The normalized spacial score (nSPS) is 11.9. The van der Waals surface area contributed by atoms with Crippen LogP contribution in [0.2, 0.25) is 0 Å². The summed E-state index contributed by atoms with van der Waals surface area (Å²) in [7, 11) is 1.59. The van der Waals surface area contributed by atoms with Gasteiger partial charge in [0.15, 0.2) is 16.4 Å². The predicted octanol–water partition coefficient (Wildman–Crippen LogP) is 4.49. The van der Waals surface area contributed by atoms with Crippen LogP contribution in [0.15, 0.2) is 47.6 Å². The number of thioether (sulfide) groups is 1. The van der Waals surface area contributed by atoms with Crippen LogP contribution >= 0.6 is 23.1 Å². The maximum absolute atomic E-state index is 12.8. The third-order valence-electron chi connectivity index (χ3n) is 5.08. The highest BCUT2D eigenvalue weighted by Gasteiger charge is 2.23. The molecule has 0 spiro atoms. The second kappa shape index (κ2) is 10.2. The molecule has 1 N–H and O–H groups in total. The SMILES string of the molecule is CCC(OC(=O)c1ccc(-n2c(C)nnc2SC)cc1)C(=O)Nc1nc2ccc(OC)cc2s1. The predicted molar refractivity (Wildman–Crippen MR) is 132 cm³/mol. The molecule has 0 saturated heterocycles. The Hall–Kier alpha value is -3.44. The zero-order valence-electron chi connectivity index (χ0n) is 19.1. The minimum Gasteiger partial charge on any atom is -0.497 e. The summed E-state index contributed by atoms with van der Waals surface area (Å²) >= 11 is 2.81. The lowest BCUT2D eigenvalue weighted by Crippen LogP contribution is -2.32. The van der Waals surface area contributed by atoms with Crippen LogP contribution in [0.4, 0.5) is 5.13 Å². The smallest absolute Gasteiger partial charge is 0.338 e. The van der Waals surface area contributed by atoms with Gasteiger partial charge >= 0.3 is 5.97 Å². The number of nitrogens with one attached hydrogen (secondary N) is 1. The van der Waals surface area contributed by atoms with E-state index < -0.39 is 18.0 Å². The van der Waals surface area contributed by atoms with E-state index in [-0.39, 0.29) is 0 Å². The van der Waals surface area contributed by atoms with Crippen LogP contribution in [0, 0.1) is 6.92 Å². The highest BCUT2D eigenvalue weighted by Crippen LogP contribution is 2.29. The topological polar surface area (TPSA) is 108 Å². The average molecular weight is 498 g/mol. The van der Waals surface area contributed by atoms with Crippen molar-refractivity contribution >= 4 is 50.3 Å². The van der Waals surface area contributed by atoms with Gasteiger partial charge in [0.1, 0.15) is 11.6 Å². The molecule has 0 radical (unpaired) electrons. The number of hydrogen-bond donors (Lipinski definition) is 1. The molecule has 2 heterocycles. The second-order valence-corrected chi connectivity index (χ2v) is 9.06. The maximum Gasteiger partial charge on any atom is 0.338 e. The Bertz CT molecular complexity index is 1330. The molecule has 0 bridgehead atoms. The zero-order valence-corrected chi connectivity index (χ0v) is 20.7. The van der Waals surface area contributed by atoms with E-state index >= 15 is 0 Å². The number of rotatable bonds is 8. The number of ether oxygens (including phenoxy) is 2.